The summed E-state index contributed by atoms with van der Waals surface area (Å²) in [7, 11) is 3.93. The van der Waals surface area contributed by atoms with Gasteiger partial charge in [0.1, 0.15) is 0 Å². The predicted molar refractivity (Wildman–Crippen MR) is 116 cm³/mol. The molecular formula is C20H32IN5O. The number of hydrogen-bond donors (Lipinski definition) is 1. The highest BCUT2D eigenvalue weighted by Gasteiger charge is 2.66. The minimum absolute atomic E-state index is 0. The Bertz CT molecular complexity index is 700. The van der Waals surface area contributed by atoms with Gasteiger partial charge in [-0.2, -0.15) is 5.10 Å². The van der Waals surface area contributed by atoms with Gasteiger partial charge in [0, 0.05) is 57.4 Å². The molecule has 5 rings (SSSR count). The highest BCUT2D eigenvalue weighted by atomic mass is 127. The number of nitrogens with zero attached hydrogens (tertiary/aromatic N) is 4. The molecule has 4 unspecified atom stereocenters. The fraction of sp³-hybridized carbons (Fsp3) is 0.800. The summed E-state index contributed by atoms with van der Waals surface area (Å²) in [5, 5.41) is 8.18. The zero-order valence-electron chi connectivity index (χ0n) is 16.4. The van der Waals surface area contributed by atoms with Crippen LogP contribution in [0.15, 0.2) is 17.4 Å². The highest BCUT2D eigenvalue weighted by Crippen LogP contribution is 2.62. The molecule has 1 aromatic heterocycles. The van der Waals surface area contributed by atoms with Crippen LogP contribution in [0.5, 0.6) is 0 Å². The molecule has 4 atom stereocenters. The van der Waals surface area contributed by atoms with E-state index in [4.69, 9.17) is 4.74 Å². The largest absolute Gasteiger partial charge is 0.377 e. The van der Waals surface area contributed by atoms with Crippen molar-refractivity contribution in [3.63, 3.8) is 0 Å². The number of aliphatic imine (C=N–C) groups is 1. The SMILES string of the molecule is CN=C(NC1C2CCOC2C12CCC2)N1CCC(Cc2cnn(C)c2)C1.I. The molecule has 1 spiro atoms. The molecule has 4 aliphatic rings. The van der Waals surface area contributed by atoms with Crippen LogP contribution in [0.1, 0.15) is 37.7 Å². The monoisotopic (exact) mass is 485 g/mol. The van der Waals surface area contributed by atoms with Crippen molar-refractivity contribution in [2.24, 2.45) is 29.3 Å². The summed E-state index contributed by atoms with van der Waals surface area (Å²) in [5.41, 5.74) is 1.76. The van der Waals surface area contributed by atoms with Crippen molar-refractivity contribution >= 4 is 29.9 Å². The van der Waals surface area contributed by atoms with Crippen molar-refractivity contribution in [3.05, 3.63) is 18.0 Å². The molecule has 2 saturated heterocycles. The van der Waals surface area contributed by atoms with Crippen LogP contribution >= 0.6 is 24.0 Å². The lowest BCUT2D eigenvalue weighted by atomic mass is 9.46. The Balaban J connectivity index is 0.00000180. The lowest BCUT2D eigenvalue weighted by molar-refractivity contribution is -0.171. The van der Waals surface area contributed by atoms with Gasteiger partial charge in [0.2, 0.25) is 0 Å². The molecule has 2 aliphatic heterocycles. The summed E-state index contributed by atoms with van der Waals surface area (Å²) in [6.07, 6.45) is 12.2. The third-order valence-corrected chi connectivity index (χ3v) is 7.40. The van der Waals surface area contributed by atoms with E-state index in [0.29, 0.717) is 29.4 Å². The maximum atomic E-state index is 6.06. The van der Waals surface area contributed by atoms with E-state index < -0.39 is 0 Å². The van der Waals surface area contributed by atoms with Crippen LogP contribution in [-0.2, 0) is 18.2 Å². The van der Waals surface area contributed by atoms with E-state index in [0.717, 1.165) is 32.1 Å². The Kier molecular flexibility index (Phi) is 5.44. The van der Waals surface area contributed by atoms with Crippen molar-refractivity contribution in [2.75, 3.05) is 26.7 Å². The average Bonchev–Trinajstić information content (AvgIpc) is 3.29. The molecule has 1 aromatic rings. The van der Waals surface area contributed by atoms with Gasteiger partial charge in [-0.15, -0.1) is 24.0 Å². The van der Waals surface area contributed by atoms with Crippen molar-refractivity contribution < 1.29 is 4.74 Å². The van der Waals surface area contributed by atoms with Crippen LogP contribution in [-0.4, -0.2) is 59.5 Å². The molecule has 7 heteroatoms. The molecule has 0 radical (unpaired) electrons. The molecule has 0 bridgehead atoms. The van der Waals surface area contributed by atoms with Gasteiger partial charge in [-0.1, -0.05) is 6.42 Å². The molecule has 2 saturated carbocycles. The number of guanidine groups is 1. The third-order valence-electron chi connectivity index (χ3n) is 7.40. The standard InChI is InChI=1S/C20H31N5O.HI/c1-21-19(23-17-16-5-9-26-18(16)20(17)6-3-7-20)25-8-4-14(13-25)10-15-11-22-24(2)12-15;/h11-12,14,16-18H,3-10,13H2,1-2H3,(H,21,23);1H. The van der Waals surface area contributed by atoms with E-state index >= 15 is 0 Å². The van der Waals surface area contributed by atoms with Crippen LogP contribution in [0.4, 0.5) is 0 Å². The minimum atomic E-state index is 0. The quantitative estimate of drug-likeness (QED) is 0.406. The number of ether oxygens (including phenoxy) is 1. The third kappa shape index (κ3) is 3.18. The van der Waals surface area contributed by atoms with E-state index in [-0.39, 0.29) is 24.0 Å². The number of rotatable bonds is 3. The second-order valence-corrected chi connectivity index (χ2v) is 8.83. The normalized spacial score (nSPS) is 34.0. The van der Waals surface area contributed by atoms with Crippen molar-refractivity contribution in [3.8, 4) is 0 Å². The summed E-state index contributed by atoms with van der Waals surface area (Å²) >= 11 is 0. The molecule has 0 aromatic carbocycles. The smallest absolute Gasteiger partial charge is 0.193 e. The molecule has 1 N–H and O–H groups in total. The highest BCUT2D eigenvalue weighted by molar-refractivity contribution is 14.0. The maximum Gasteiger partial charge on any atom is 0.193 e. The molecule has 4 fully saturated rings. The van der Waals surface area contributed by atoms with Gasteiger partial charge in [0.25, 0.3) is 0 Å². The molecule has 3 heterocycles. The van der Waals surface area contributed by atoms with E-state index in [1.165, 1.54) is 37.7 Å². The molecule has 0 amide bonds. The number of halogens is 1. The lowest BCUT2D eigenvalue weighted by Gasteiger charge is -2.63. The van der Waals surface area contributed by atoms with Crippen LogP contribution in [0.2, 0.25) is 0 Å². The van der Waals surface area contributed by atoms with Gasteiger partial charge >= 0.3 is 0 Å². The summed E-state index contributed by atoms with van der Waals surface area (Å²) in [4.78, 5) is 7.12. The number of fused-ring (bicyclic) bond motifs is 2. The van der Waals surface area contributed by atoms with Crippen LogP contribution in [0.3, 0.4) is 0 Å². The number of aryl methyl sites for hydroxylation is 1. The fourth-order valence-corrected chi connectivity index (χ4v) is 5.99. The van der Waals surface area contributed by atoms with E-state index in [2.05, 4.69) is 26.5 Å². The Labute approximate surface area is 179 Å². The van der Waals surface area contributed by atoms with Gasteiger partial charge in [-0.05, 0) is 43.6 Å². The van der Waals surface area contributed by atoms with Gasteiger partial charge in [-0.25, -0.2) is 0 Å². The summed E-state index contributed by atoms with van der Waals surface area (Å²) < 4.78 is 7.96. The van der Waals surface area contributed by atoms with Crippen LogP contribution < -0.4 is 5.32 Å². The first-order valence-electron chi connectivity index (χ1n) is 10.3. The maximum absolute atomic E-state index is 6.06. The summed E-state index contributed by atoms with van der Waals surface area (Å²) in [6, 6.07) is 0.569. The van der Waals surface area contributed by atoms with Crippen LogP contribution in [0.25, 0.3) is 0 Å². The average molecular weight is 485 g/mol. The molecule has 150 valence electrons. The van der Waals surface area contributed by atoms with E-state index in [1.54, 1.807) is 0 Å². The van der Waals surface area contributed by atoms with E-state index in [1.807, 2.05) is 25.0 Å². The summed E-state index contributed by atoms with van der Waals surface area (Å²) in [5.74, 6) is 2.50. The van der Waals surface area contributed by atoms with Gasteiger partial charge in [0.15, 0.2) is 5.96 Å². The second-order valence-electron chi connectivity index (χ2n) is 8.83. The lowest BCUT2D eigenvalue weighted by Crippen LogP contribution is -2.72. The Morgan fingerprint density at radius 3 is 2.93 bits per heavy atom. The Morgan fingerprint density at radius 2 is 2.26 bits per heavy atom. The first-order valence-corrected chi connectivity index (χ1v) is 10.3. The fourth-order valence-electron chi connectivity index (χ4n) is 5.99. The number of hydrogen-bond acceptors (Lipinski definition) is 3. The Morgan fingerprint density at radius 1 is 1.41 bits per heavy atom. The zero-order valence-corrected chi connectivity index (χ0v) is 18.8. The first-order chi connectivity index (χ1) is 12.7. The topological polar surface area (TPSA) is 54.7 Å². The Hall–Kier alpha value is -0.830. The number of likely N-dealkylation sites (tertiary alicyclic amines) is 1. The van der Waals surface area contributed by atoms with Gasteiger partial charge in [0.05, 0.1) is 12.3 Å². The van der Waals surface area contributed by atoms with Crippen molar-refractivity contribution in [1.29, 1.82) is 0 Å². The predicted octanol–water partition coefficient (Wildman–Crippen LogP) is 2.44. The molecule has 6 nitrogen and oxygen atoms in total. The second kappa shape index (κ2) is 7.54. The summed E-state index contributed by atoms with van der Waals surface area (Å²) in [6.45, 7) is 3.15. The number of nitrogens with one attached hydrogen (secondary N) is 1. The van der Waals surface area contributed by atoms with Gasteiger partial charge < -0.3 is 15.0 Å². The molecular weight excluding hydrogens is 453 g/mol. The van der Waals surface area contributed by atoms with Crippen molar-refractivity contribution in [1.82, 2.24) is 20.0 Å². The zero-order chi connectivity index (χ0) is 17.7. The molecule has 2 aliphatic carbocycles. The van der Waals surface area contributed by atoms with Gasteiger partial charge in [-0.3, -0.25) is 9.67 Å². The number of aromatic nitrogens is 2. The van der Waals surface area contributed by atoms with Crippen molar-refractivity contribution in [2.45, 2.75) is 50.7 Å². The van der Waals surface area contributed by atoms with E-state index in [9.17, 15) is 0 Å². The first kappa shape index (κ1) is 19.5. The minimum Gasteiger partial charge on any atom is -0.377 e. The van der Waals surface area contributed by atoms with Crippen LogP contribution in [0, 0.1) is 17.3 Å². The molecule has 27 heavy (non-hydrogen) atoms.